The van der Waals surface area contributed by atoms with Crippen LogP contribution in [0.5, 0.6) is 0 Å². The number of piperazine rings is 1. The molecule has 0 saturated carbocycles. The lowest BCUT2D eigenvalue weighted by Crippen LogP contribution is -2.56. The monoisotopic (exact) mass is 450 g/mol. The number of fused-ring (bicyclic) bond motifs is 1. The molecule has 0 spiro atoms. The fourth-order valence-electron chi connectivity index (χ4n) is 3.96. The zero-order chi connectivity index (χ0) is 21.1. The summed E-state index contributed by atoms with van der Waals surface area (Å²) in [5, 5.41) is 6.89. The third-order valence-electron chi connectivity index (χ3n) is 5.57. The highest BCUT2D eigenvalue weighted by atomic mass is 35.5. The number of halogens is 2. The molecule has 1 aromatic heterocycles. The van der Waals surface area contributed by atoms with Gasteiger partial charge in [0, 0.05) is 35.1 Å². The van der Waals surface area contributed by atoms with E-state index in [9.17, 15) is 14.0 Å². The van der Waals surface area contributed by atoms with E-state index < -0.39 is 11.9 Å². The van der Waals surface area contributed by atoms with Crippen molar-refractivity contribution in [3.05, 3.63) is 50.2 Å². The van der Waals surface area contributed by atoms with Crippen LogP contribution >= 0.6 is 22.9 Å². The van der Waals surface area contributed by atoms with E-state index in [1.165, 1.54) is 23.8 Å². The Balaban J connectivity index is 1.38. The summed E-state index contributed by atoms with van der Waals surface area (Å²) in [6, 6.07) is 3.85. The van der Waals surface area contributed by atoms with Crippen LogP contribution in [0.1, 0.15) is 40.4 Å². The van der Waals surface area contributed by atoms with Gasteiger partial charge in [-0.15, -0.1) is 11.3 Å². The molecule has 1 atom stereocenters. The number of carbonyl (C=O) groups is 2. The predicted molar refractivity (Wildman–Crippen MR) is 114 cm³/mol. The fraction of sp³-hybridized carbons (Fsp3) is 0.476. The Labute approximate surface area is 183 Å². The van der Waals surface area contributed by atoms with Gasteiger partial charge in [0.25, 0.3) is 0 Å². The molecule has 1 aliphatic carbocycles. The topological polar surface area (TPSA) is 74.3 Å². The molecular weight excluding hydrogens is 427 g/mol. The van der Waals surface area contributed by atoms with E-state index in [2.05, 4.69) is 15.6 Å². The number of amides is 2. The molecule has 1 saturated heterocycles. The molecule has 160 valence electrons. The molecule has 9 heteroatoms. The Bertz CT molecular complexity index is 907. The summed E-state index contributed by atoms with van der Waals surface area (Å²) in [4.78, 5) is 32.8. The first-order valence-corrected chi connectivity index (χ1v) is 11.4. The second-order valence-electron chi connectivity index (χ2n) is 7.64. The van der Waals surface area contributed by atoms with Crippen molar-refractivity contribution in [1.82, 2.24) is 20.5 Å². The van der Waals surface area contributed by atoms with Gasteiger partial charge >= 0.3 is 0 Å². The third-order valence-corrected chi connectivity index (χ3v) is 7.08. The predicted octanol–water partition coefficient (Wildman–Crippen LogP) is 2.82. The molecule has 0 unspecified atom stereocenters. The molecule has 6 nitrogen and oxygen atoms in total. The number of aryl methyl sites for hydroxylation is 2. The summed E-state index contributed by atoms with van der Waals surface area (Å²) in [6.45, 7) is 1.52. The third kappa shape index (κ3) is 4.82. The lowest BCUT2D eigenvalue weighted by Gasteiger charge is -2.34. The molecule has 2 amide bonds. The molecule has 30 heavy (non-hydrogen) atoms. The summed E-state index contributed by atoms with van der Waals surface area (Å²) in [5.41, 5.74) is 1.50. The summed E-state index contributed by atoms with van der Waals surface area (Å²) < 4.78 is 14.2. The minimum atomic E-state index is -0.668. The first-order chi connectivity index (χ1) is 14.5. The molecule has 1 aromatic carbocycles. The summed E-state index contributed by atoms with van der Waals surface area (Å²) >= 11 is 7.80. The largest absolute Gasteiger partial charge is 0.353 e. The first-order valence-electron chi connectivity index (χ1n) is 10.2. The zero-order valence-corrected chi connectivity index (χ0v) is 18.1. The van der Waals surface area contributed by atoms with E-state index in [1.54, 1.807) is 23.5 Å². The quantitative estimate of drug-likeness (QED) is 0.709. The van der Waals surface area contributed by atoms with Gasteiger partial charge in [-0.3, -0.25) is 14.5 Å². The number of aromatic nitrogens is 1. The maximum atomic E-state index is 14.2. The first kappa shape index (κ1) is 21.2. The Hall–Kier alpha value is -2.03. The average molecular weight is 451 g/mol. The Kier molecular flexibility index (Phi) is 6.65. The normalized spacial score (nSPS) is 19.3. The summed E-state index contributed by atoms with van der Waals surface area (Å²) in [7, 11) is 0. The highest BCUT2D eigenvalue weighted by molar-refractivity contribution is 7.11. The number of nitrogens with zero attached hydrogens (tertiary/aromatic N) is 2. The highest BCUT2D eigenvalue weighted by Gasteiger charge is 2.32. The van der Waals surface area contributed by atoms with Crippen molar-refractivity contribution >= 4 is 34.8 Å². The SMILES string of the molecule is O=C(C[C@H]1C(=O)NCCN1Cc1c(F)cccc1Cl)NCc1nc2c(s1)CCCC2. The van der Waals surface area contributed by atoms with Crippen LogP contribution in [0.15, 0.2) is 18.2 Å². The minimum Gasteiger partial charge on any atom is -0.353 e. The van der Waals surface area contributed by atoms with E-state index >= 15 is 0 Å². The van der Waals surface area contributed by atoms with Gasteiger partial charge in [-0.25, -0.2) is 9.37 Å². The number of carbonyl (C=O) groups excluding carboxylic acids is 2. The van der Waals surface area contributed by atoms with Gasteiger partial charge < -0.3 is 10.6 Å². The van der Waals surface area contributed by atoms with Crippen molar-refractivity contribution in [3.63, 3.8) is 0 Å². The molecule has 1 aliphatic heterocycles. The maximum absolute atomic E-state index is 14.2. The van der Waals surface area contributed by atoms with Crippen LogP contribution in [0.4, 0.5) is 4.39 Å². The van der Waals surface area contributed by atoms with E-state index in [0.717, 1.165) is 23.5 Å². The molecule has 2 aromatic rings. The van der Waals surface area contributed by atoms with E-state index in [1.807, 2.05) is 4.90 Å². The maximum Gasteiger partial charge on any atom is 0.237 e. The van der Waals surface area contributed by atoms with Gasteiger partial charge in [-0.05, 0) is 37.8 Å². The standard InChI is InChI=1S/C21H24ClFN4O2S/c22-14-4-3-5-15(23)13(14)12-27-9-8-24-21(29)17(27)10-19(28)25-11-20-26-16-6-1-2-7-18(16)30-20/h3-5,17H,1-2,6-12H2,(H,24,29)(H,25,28)/t17-/m0/s1. The van der Waals surface area contributed by atoms with Crippen molar-refractivity contribution in [2.24, 2.45) is 0 Å². The van der Waals surface area contributed by atoms with Gasteiger partial charge in [0.15, 0.2) is 0 Å². The number of nitrogens with one attached hydrogen (secondary N) is 2. The van der Waals surface area contributed by atoms with Crippen LogP contribution in [0.3, 0.4) is 0 Å². The van der Waals surface area contributed by atoms with Crippen LogP contribution in [0, 0.1) is 5.82 Å². The van der Waals surface area contributed by atoms with E-state index in [4.69, 9.17) is 11.6 Å². The van der Waals surface area contributed by atoms with E-state index in [-0.39, 0.29) is 24.8 Å². The van der Waals surface area contributed by atoms with Crippen molar-refractivity contribution in [2.45, 2.75) is 51.2 Å². The second kappa shape index (κ2) is 9.41. The van der Waals surface area contributed by atoms with Crippen LogP contribution in [0.25, 0.3) is 0 Å². The molecule has 2 N–H and O–H groups in total. The highest BCUT2D eigenvalue weighted by Crippen LogP contribution is 2.27. The van der Waals surface area contributed by atoms with Gasteiger partial charge in [-0.2, -0.15) is 0 Å². The van der Waals surface area contributed by atoms with Gasteiger partial charge in [0.1, 0.15) is 10.8 Å². The lowest BCUT2D eigenvalue weighted by atomic mass is 10.0. The Morgan fingerprint density at radius 2 is 2.20 bits per heavy atom. The van der Waals surface area contributed by atoms with Crippen molar-refractivity contribution in [1.29, 1.82) is 0 Å². The summed E-state index contributed by atoms with van der Waals surface area (Å²) in [6.07, 6.45) is 4.44. The van der Waals surface area contributed by atoms with Gasteiger partial charge in [-0.1, -0.05) is 17.7 Å². The van der Waals surface area contributed by atoms with Crippen molar-refractivity contribution in [2.75, 3.05) is 13.1 Å². The van der Waals surface area contributed by atoms with Crippen molar-refractivity contribution in [3.8, 4) is 0 Å². The number of rotatable bonds is 6. The second-order valence-corrected chi connectivity index (χ2v) is 9.22. The smallest absolute Gasteiger partial charge is 0.237 e. The molecule has 2 heterocycles. The van der Waals surface area contributed by atoms with Crippen LogP contribution in [-0.2, 0) is 35.5 Å². The Morgan fingerprint density at radius 3 is 3.00 bits per heavy atom. The molecule has 1 fully saturated rings. The number of benzene rings is 1. The van der Waals surface area contributed by atoms with Crippen LogP contribution in [-0.4, -0.2) is 40.8 Å². The Morgan fingerprint density at radius 1 is 1.37 bits per heavy atom. The van der Waals surface area contributed by atoms with Crippen LogP contribution < -0.4 is 10.6 Å². The molecule has 2 aliphatic rings. The van der Waals surface area contributed by atoms with E-state index in [0.29, 0.717) is 30.2 Å². The van der Waals surface area contributed by atoms with Crippen molar-refractivity contribution < 1.29 is 14.0 Å². The molecule has 4 rings (SSSR count). The number of thiazole rings is 1. The molecular formula is C21H24ClFN4O2S. The van der Waals surface area contributed by atoms with Gasteiger partial charge in [0.2, 0.25) is 11.8 Å². The zero-order valence-electron chi connectivity index (χ0n) is 16.5. The fourth-order valence-corrected chi connectivity index (χ4v) is 5.28. The summed E-state index contributed by atoms with van der Waals surface area (Å²) in [5.74, 6) is -0.868. The average Bonchev–Trinajstić information content (AvgIpc) is 3.15. The van der Waals surface area contributed by atoms with Gasteiger partial charge in [0.05, 0.1) is 24.7 Å². The minimum absolute atomic E-state index is 0.00297. The molecule has 0 bridgehead atoms. The number of hydrogen-bond acceptors (Lipinski definition) is 5. The number of hydrogen-bond donors (Lipinski definition) is 2. The molecule has 0 radical (unpaired) electrons. The van der Waals surface area contributed by atoms with Crippen LogP contribution in [0.2, 0.25) is 5.02 Å². The lowest BCUT2D eigenvalue weighted by molar-refractivity contribution is -0.134.